The lowest BCUT2D eigenvalue weighted by atomic mass is 10.1. The number of rotatable bonds is 5. The van der Waals surface area contributed by atoms with Gasteiger partial charge in [-0.15, -0.1) is 11.6 Å². The maximum absolute atomic E-state index is 12.5. The van der Waals surface area contributed by atoms with Gasteiger partial charge in [0.1, 0.15) is 0 Å². The Morgan fingerprint density at radius 3 is 2.20 bits per heavy atom. The van der Waals surface area contributed by atoms with Crippen LogP contribution in [0.1, 0.15) is 36.8 Å². The predicted molar refractivity (Wildman–Crippen MR) is 74.8 cm³/mol. The van der Waals surface area contributed by atoms with Gasteiger partial charge in [0.25, 0.3) is 0 Å². The van der Waals surface area contributed by atoms with Gasteiger partial charge in [0.2, 0.25) is 0 Å². The number of hydrogen-bond acceptors (Lipinski definition) is 1. The standard InChI is InChI=1S/C15H19ClF3N/c16-9-10-20(14-3-1-2-4-14)11-12-5-7-13(8-6-12)15(17,18)19/h5-8,14H,1-4,9-11H2. The molecule has 1 aliphatic rings. The van der Waals surface area contributed by atoms with E-state index in [4.69, 9.17) is 11.6 Å². The van der Waals surface area contributed by atoms with E-state index in [1.54, 1.807) is 12.1 Å². The van der Waals surface area contributed by atoms with Crippen LogP contribution < -0.4 is 0 Å². The van der Waals surface area contributed by atoms with Crippen molar-refractivity contribution in [3.05, 3.63) is 35.4 Å². The van der Waals surface area contributed by atoms with Crippen LogP contribution >= 0.6 is 11.6 Å². The molecular formula is C15H19ClF3N. The van der Waals surface area contributed by atoms with E-state index in [1.165, 1.54) is 12.8 Å². The molecule has 1 aliphatic carbocycles. The van der Waals surface area contributed by atoms with E-state index in [2.05, 4.69) is 4.90 Å². The fourth-order valence-corrected chi connectivity index (χ4v) is 3.02. The van der Waals surface area contributed by atoms with Crippen molar-refractivity contribution in [2.75, 3.05) is 12.4 Å². The summed E-state index contributed by atoms with van der Waals surface area (Å²) in [5, 5.41) is 0. The first-order chi connectivity index (χ1) is 9.50. The summed E-state index contributed by atoms with van der Waals surface area (Å²) in [4.78, 5) is 2.29. The zero-order valence-corrected chi connectivity index (χ0v) is 12.1. The molecule has 1 aromatic rings. The van der Waals surface area contributed by atoms with Gasteiger partial charge in [-0.1, -0.05) is 25.0 Å². The van der Waals surface area contributed by atoms with E-state index in [9.17, 15) is 13.2 Å². The van der Waals surface area contributed by atoms with Gasteiger partial charge in [0.05, 0.1) is 5.56 Å². The molecule has 5 heteroatoms. The molecule has 0 radical (unpaired) electrons. The molecule has 112 valence electrons. The Hall–Kier alpha value is -0.740. The van der Waals surface area contributed by atoms with Crippen LogP contribution in [-0.4, -0.2) is 23.4 Å². The number of halogens is 4. The highest BCUT2D eigenvalue weighted by Crippen LogP contribution is 2.30. The van der Waals surface area contributed by atoms with Crippen molar-refractivity contribution in [2.24, 2.45) is 0 Å². The summed E-state index contributed by atoms with van der Waals surface area (Å²) in [6.45, 7) is 1.46. The zero-order valence-electron chi connectivity index (χ0n) is 11.3. The second-order valence-electron chi connectivity index (χ2n) is 5.29. The fraction of sp³-hybridized carbons (Fsp3) is 0.600. The second kappa shape index (κ2) is 6.81. The van der Waals surface area contributed by atoms with Crippen molar-refractivity contribution < 1.29 is 13.2 Å². The molecule has 0 spiro atoms. The van der Waals surface area contributed by atoms with Crippen LogP contribution in [0.5, 0.6) is 0 Å². The highest BCUT2D eigenvalue weighted by Gasteiger charge is 2.30. The maximum atomic E-state index is 12.5. The zero-order chi connectivity index (χ0) is 14.6. The van der Waals surface area contributed by atoms with Crippen molar-refractivity contribution in [1.82, 2.24) is 4.90 Å². The summed E-state index contributed by atoms with van der Waals surface area (Å²) in [7, 11) is 0. The lowest BCUT2D eigenvalue weighted by Gasteiger charge is -2.28. The lowest BCUT2D eigenvalue weighted by Crippen LogP contribution is -2.34. The SMILES string of the molecule is FC(F)(F)c1ccc(CN(CCCl)C2CCCC2)cc1. The van der Waals surface area contributed by atoms with Crippen molar-refractivity contribution >= 4 is 11.6 Å². The van der Waals surface area contributed by atoms with E-state index in [-0.39, 0.29) is 0 Å². The van der Waals surface area contributed by atoms with E-state index >= 15 is 0 Å². The van der Waals surface area contributed by atoms with Gasteiger partial charge in [-0.05, 0) is 30.5 Å². The molecule has 0 saturated heterocycles. The molecule has 0 N–H and O–H groups in total. The van der Waals surface area contributed by atoms with E-state index in [0.29, 0.717) is 18.5 Å². The maximum Gasteiger partial charge on any atom is 0.416 e. The minimum Gasteiger partial charge on any atom is -0.295 e. The molecular weight excluding hydrogens is 287 g/mol. The summed E-state index contributed by atoms with van der Waals surface area (Å²) in [5.74, 6) is 0.553. The first-order valence-corrected chi connectivity index (χ1v) is 7.50. The molecule has 1 saturated carbocycles. The Bertz CT molecular complexity index is 410. The van der Waals surface area contributed by atoms with Gasteiger partial charge < -0.3 is 0 Å². The first kappa shape index (κ1) is 15.6. The van der Waals surface area contributed by atoms with Crippen LogP contribution in [0.2, 0.25) is 0 Å². The van der Waals surface area contributed by atoms with E-state index in [1.807, 2.05) is 0 Å². The minimum atomic E-state index is -4.26. The van der Waals surface area contributed by atoms with Gasteiger partial charge in [0, 0.05) is 25.0 Å². The Balaban J connectivity index is 2.02. The summed E-state index contributed by atoms with van der Waals surface area (Å²) in [6, 6.07) is 5.97. The van der Waals surface area contributed by atoms with Crippen molar-refractivity contribution in [3.63, 3.8) is 0 Å². The number of alkyl halides is 4. The van der Waals surface area contributed by atoms with Crippen molar-refractivity contribution in [3.8, 4) is 0 Å². The predicted octanol–water partition coefficient (Wildman–Crippen LogP) is 4.69. The molecule has 0 aliphatic heterocycles. The Labute approximate surface area is 122 Å². The molecule has 0 aromatic heterocycles. The van der Waals surface area contributed by atoms with E-state index < -0.39 is 11.7 Å². The Morgan fingerprint density at radius 1 is 1.10 bits per heavy atom. The van der Waals surface area contributed by atoms with Crippen LogP contribution in [0.15, 0.2) is 24.3 Å². The van der Waals surface area contributed by atoms with Crippen LogP contribution in [0, 0.1) is 0 Å². The molecule has 0 heterocycles. The van der Waals surface area contributed by atoms with Crippen molar-refractivity contribution in [1.29, 1.82) is 0 Å². The smallest absolute Gasteiger partial charge is 0.295 e. The number of nitrogens with zero attached hydrogens (tertiary/aromatic N) is 1. The average molecular weight is 306 g/mol. The molecule has 0 bridgehead atoms. The first-order valence-electron chi connectivity index (χ1n) is 6.97. The van der Waals surface area contributed by atoms with Crippen LogP contribution in [0.4, 0.5) is 13.2 Å². The lowest BCUT2D eigenvalue weighted by molar-refractivity contribution is -0.137. The van der Waals surface area contributed by atoms with Gasteiger partial charge in [0.15, 0.2) is 0 Å². The normalized spacial score (nSPS) is 17.1. The van der Waals surface area contributed by atoms with Crippen molar-refractivity contribution in [2.45, 2.75) is 44.4 Å². The summed E-state index contributed by atoms with van der Waals surface area (Å²) < 4.78 is 37.6. The highest BCUT2D eigenvalue weighted by atomic mass is 35.5. The fourth-order valence-electron chi connectivity index (χ4n) is 2.80. The van der Waals surface area contributed by atoms with E-state index in [0.717, 1.165) is 37.1 Å². The molecule has 0 unspecified atom stereocenters. The Kier molecular flexibility index (Phi) is 5.33. The van der Waals surface area contributed by atoms with Crippen LogP contribution in [0.25, 0.3) is 0 Å². The third-order valence-corrected chi connectivity index (χ3v) is 4.05. The van der Waals surface area contributed by atoms with Gasteiger partial charge in [-0.25, -0.2) is 0 Å². The largest absolute Gasteiger partial charge is 0.416 e. The van der Waals surface area contributed by atoms with Crippen LogP contribution in [-0.2, 0) is 12.7 Å². The topological polar surface area (TPSA) is 3.24 Å². The molecule has 1 nitrogen and oxygen atoms in total. The van der Waals surface area contributed by atoms with Gasteiger partial charge in [-0.2, -0.15) is 13.2 Å². The quantitative estimate of drug-likeness (QED) is 0.713. The molecule has 2 rings (SSSR count). The van der Waals surface area contributed by atoms with Gasteiger partial charge in [-0.3, -0.25) is 4.90 Å². The highest BCUT2D eigenvalue weighted by molar-refractivity contribution is 6.18. The summed E-state index contributed by atoms with van der Waals surface area (Å²) in [5.41, 5.74) is 0.320. The van der Waals surface area contributed by atoms with Crippen LogP contribution in [0.3, 0.4) is 0 Å². The average Bonchev–Trinajstić information content (AvgIpc) is 2.91. The second-order valence-corrected chi connectivity index (χ2v) is 5.67. The third kappa shape index (κ3) is 4.13. The summed E-state index contributed by atoms with van der Waals surface area (Å²) in [6.07, 6.45) is 0.530. The summed E-state index contributed by atoms with van der Waals surface area (Å²) >= 11 is 5.84. The molecule has 0 atom stereocenters. The minimum absolute atomic E-state index is 0.524. The monoisotopic (exact) mass is 305 g/mol. The molecule has 20 heavy (non-hydrogen) atoms. The number of hydrogen-bond donors (Lipinski definition) is 0. The third-order valence-electron chi connectivity index (χ3n) is 3.88. The molecule has 0 amide bonds. The molecule has 1 aromatic carbocycles. The number of benzene rings is 1. The Morgan fingerprint density at radius 2 is 1.70 bits per heavy atom. The van der Waals surface area contributed by atoms with Gasteiger partial charge >= 0.3 is 6.18 Å². The molecule has 1 fully saturated rings.